The van der Waals surface area contributed by atoms with Crippen molar-refractivity contribution in [1.29, 1.82) is 0 Å². The summed E-state index contributed by atoms with van der Waals surface area (Å²) >= 11 is 0. The lowest BCUT2D eigenvalue weighted by Crippen LogP contribution is -2.17. The second-order valence-corrected chi connectivity index (χ2v) is 4.84. The molecule has 0 amide bonds. The smallest absolute Gasteiger partial charge is 0.0588 e. The van der Waals surface area contributed by atoms with Crippen molar-refractivity contribution in [3.63, 3.8) is 0 Å². The van der Waals surface area contributed by atoms with E-state index in [4.69, 9.17) is 0 Å². The standard InChI is InChI=1S/C11H18N2/c1-11(2,3)8-7-13-9-5-4-6-12-10(8)9/h7,12-13H,4-6H2,1-3H3. The molecule has 1 aliphatic rings. The molecule has 0 radical (unpaired) electrons. The molecule has 0 saturated heterocycles. The van der Waals surface area contributed by atoms with E-state index in [1.54, 1.807) is 0 Å². The fraction of sp³-hybridized carbons (Fsp3) is 0.636. The van der Waals surface area contributed by atoms with Crippen LogP contribution in [0.15, 0.2) is 6.20 Å². The molecule has 0 atom stereocenters. The topological polar surface area (TPSA) is 27.8 Å². The lowest BCUT2D eigenvalue weighted by atomic mass is 9.87. The molecule has 13 heavy (non-hydrogen) atoms. The molecule has 2 N–H and O–H groups in total. The van der Waals surface area contributed by atoms with E-state index in [-0.39, 0.29) is 5.41 Å². The number of H-pyrrole nitrogens is 1. The Bertz CT molecular complexity index is 304. The first kappa shape index (κ1) is 8.67. The van der Waals surface area contributed by atoms with Crippen molar-refractivity contribution in [2.24, 2.45) is 0 Å². The monoisotopic (exact) mass is 178 g/mol. The van der Waals surface area contributed by atoms with Crippen LogP contribution >= 0.6 is 0 Å². The highest BCUT2D eigenvalue weighted by Crippen LogP contribution is 2.34. The number of aromatic nitrogens is 1. The van der Waals surface area contributed by atoms with Crippen LogP contribution in [0.25, 0.3) is 0 Å². The Morgan fingerprint density at radius 2 is 2.08 bits per heavy atom. The maximum absolute atomic E-state index is 3.49. The lowest BCUT2D eigenvalue weighted by molar-refractivity contribution is 0.591. The minimum atomic E-state index is 0.244. The minimum absolute atomic E-state index is 0.244. The number of fused-ring (bicyclic) bond motifs is 1. The molecule has 1 aromatic heterocycles. The molecule has 2 heterocycles. The van der Waals surface area contributed by atoms with Gasteiger partial charge >= 0.3 is 0 Å². The second-order valence-electron chi connectivity index (χ2n) is 4.84. The zero-order valence-corrected chi connectivity index (χ0v) is 8.70. The van der Waals surface area contributed by atoms with Gasteiger partial charge in [0.05, 0.1) is 5.69 Å². The number of aryl methyl sites for hydroxylation is 1. The second kappa shape index (κ2) is 2.79. The Balaban J connectivity index is 2.43. The van der Waals surface area contributed by atoms with E-state index >= 15 is 0 Å². The maximum atomic E-state index is 3.49. The van der Waals surface area contributed by atoms with Crippen LogP contribution in [0.4, 0.5) is 5.69 Å². The van der Waals surface area contributed by atoms with E-state index in [1.807, 2.05) is 0 Å². The Morgan fingerprint density at radius 3 is 2.77 bits per heavy atom. The number of rotatable bonds is 0. The summed E-state index contributed by atoms with van der Waals surface area (Å²) in [6.07, 6.45) is 4.60. The molecule has 2 nitrogen and oxygen atoms in total. The van der Waals surface area contributed by atoms with Gasteiger partial charge in [0.15, 0.2) is 0 Å². The molecule has 2 heteroatoms. The van der Waals surface area contributed by atoms with Crippen LogP contribution in [-0.4, -0.2) is 11.5 Å². The third kappa shape index (κ3) is 1.45. The number of aromatic amines is 1. The van der Waals surface area contributed by atoms with Gasteiger partial charge in [0.25, 0.3) is 0 Å². The van der Waals surface area contributed by atoms with Gasteiger partial charge in [0, 0.05) is 18.4 Å². The van der Waals surface area contributed by atoms with E-state index in [0.29, 0.717) is 0 Å². The molecular formula is C11H18N2. The van der Waals surface area contributed by atoms with Crippen LogP contribution in [0.1, 0.15) is 38.4 Å². The predicted octanol–water partition coefficient (Wildman–Crippen LogP) is 2.67. The Hall–Kier alpha value is -0.920. The van der Waals surface area contributed by atoms with E-state index < -0.39 is 0 Å². The van der Waals surface area contributed by atoms with Crippen molar-refractivity contribution in [3.05, 3.63) is 17.5 Å². The van der Waals surface area contributed by atoms with Crippen LogP contribution in [0.5, 0.6) is 0 Å². The van der Waals surface area contributed by atoms with Gasteiger partial charge in [-0.2, -0.15) is 0 Å². The quantitative estimate of drug-likeness (QED) is 0.628. The van der Waals surface area contributed by atoms with Crippen LogP contribution in [-0.2, 0) is 11.8 Å². The van der Waals surface area contributed by atoms with Gasteiger partial charge in [-0.3, -0.25) is 0 Å². The third-order valence-electron chi connectivity index (χ3n) is 2.68. The van der Waals surface area contributed by atoms with Gasteiger partial charge in [-0.1, -0.05) is 20.8 Å². The fourth-order valence-electron chi connectivity index (χ4n) is 1.94. The van der Waals surface area contributed by atoms with Gasteiger partial charge in [0.2, 0.25) is 0 Å². The van der Waals surface area contributed by atoms with Crippen molar-refractivity contribution in [2.75, 3.05) is 11.9 Å². The highest BCUT2D eigenvalue weighted by Gasteiger charge is 2.23. The fourth-order valence-corrected chi connectivity index (χ4v) is 1.94. The number of nitrogens with one attached hydrogen (secondary N) is 2. The molecule has 0 fully saturated rings. The average Bonchev–Trinajstić information content (AvgIpc) is 2.45. The van der Waals surface area contributed by atoms with Crippen LogP contribution < -0.4 is 5.32 Å². The molecule has 0 unspecified atom stereocenters. The van der Waals surface area contributed by atoms with Gasteiger partial charge in [-0.15, -0.1) is 0 Å². The minimum Gasteiger partial charge on any atom is -0.383 e. The zero-order chi connectivity index (χ0) is 9.47. The lowest BCUT2D eigenvalue weighted by Gasteiger charge is -2.22. The van der Waals surface area contributed by atoms with E-state index in [2.05, 4.69) is 37.3 Å². The van der Waals surface area contributed by atoms with Crippen LogP contribution in [0.3, 0.4) is 0 Å². The first-order chi connectivity index (χ1) is 6.09. The van der Waals surface area contributed by atoms with Gasteiger partial charge in [-0.25, -0.2) is 0 Å². The number of hydrogen-bond donors (Lipinski definition) is 2. The normalized spacial score (nSPS) is 16.5. The molecule has 1 aliphatic heterocycles. The van der Waals surface area contributed by atoms with Crippen LogP contribution in [0, 0.1) is 0 Å². The highest BCUT2D eigenvalue weighted by atomic mass is 14.9. The Labute approximate surface area is 79.7 Å². The predicted molar refractivity (Wildman–Crippen MR) is 56.3 cm³/mol. The van der Waals surface area contributed by atoms with Crippen LogP contribution in [0.2, 0.25) is 0 Å². The Morgan fingerprint density at radius 1 is 1.31 bits per heavy atom. The SMILES string of the molecule is CC(C)(C)c1c[nH]c2c1NCCC2. The van der Waals surface area contributed by atoms with E-state index in [0.717, 1.165) is 6.54 Å². The molecule has 0 aromatic carbocycles. The molecule has 0 bridgehead atoms. The first-order valence-corrected chi connectivity index (χ1v) is 5.03. The molecule has 1 aromatic rings. The van der Waals surface area contributed by atoms with Crippen molar-refractivity contribution in [3.8, 4) is 0 Å². The molecular weight excluding hydrogens is 160 g/mol. The summed E-state index contributed by atoms with van der Waals surface area (Å²) in [7, 11) is 0. The van der Waals surface area contributed by atoms with E-state index in [1.165, 1.54) is 29.8 Å². The molecule has 2 rings (SSSR count). The zero-order valence-electron chi connectivity index (χ0n) is 8.70. The number of hydrogen-bond acceptors (Lipinski definition) is 1. The highest BCUT2D eigenvalue weighted by molar-refractivity contribution is 5.59. The van der Waals surface area contributed by atoms with Crippen molar-refractivity contribution in [1.82, 2.24) is 4.98 Å². The van der Waals surface area contributed by atoms with Gasteiger partial charge < -0.3 is 10.3 Å². The third-order valence-corrected chi connectivity index (χ3v) is 2.68. The van der Waals surface area contributed by atoms with Crippen molar-refractivity contribution < 1.29 is 0 Å². The average molecular weight is 178 g/mol. The molecule has 0 aliphatic carbocycles. The summed E-state index contributed by atoms with van der Waals surface area (Å²) in [6, 6.07) is 0. The first-order valence-electron chi connectivity index (χ1n) is 5.03. The summed E-state index contributed by atoms with van der Waals surface area (Å²) in [5.74, 6) is 0. The summed E-state index contributed by atoms with van der Waals surface area (Å²) in [5.41, 5.74) is 4.41. The van der Waals surface area contributed by atoms with E-state index in [9.17, 15) is 0 Å². The summed E-state index contributed by atoms with van der Waals surface area (Å²) in [6.45, 7) is 7.89. The van der Waals surface area contributed by atoms with Gasteiger partial charge in [-0.05, 0) is 23.8 Å². The van der Waals surface area contributed by atoms with Crippen molar-refractivity contribution in [2.45, 2.75) is 39.0 Å². The molecule has 72 valence electrons. The van der Waals surface area contributed by atoms with Gasteiger partial charge in [0.1, 0.15) is 0 Å². The Kier molecular flexibility index (Phi) is 1.86. The summed E-state index contributed by atoms with van der Waals surface area (Å²) < 4.78 is 0. The van der Waals surface area contributed by atoms with Crippen molar-refractivity contribution >= 4 is 5.69 Å². The number of anilines is 1. The largest absolute Gasteiger partial charge is 0.383 e. The maximum Gasteiger partial charge on any atom is 0.0588 e. The molecule has 0 spiro atoms. The molecule has 0 saturated carbocycles. The summed E-state index contributed by atoms with van der Waals surface area (Å²) in [5, 5.41) is 3.49. The summed E-state index contributed by atoms with van der Waals surface area (Å²) in [4.78, 5) is 3.37.